The molecule has 0 aromatic carbocycles. The second kappa shape index (κ2) is 13.9. The maximum absolute atomic E-state index is 10.8. The highest BCUT2D eigenvalue weighted by molar-refractivity contribution is 5.69. The lowest BCUT2D eigenvalue weighted by Gasteiger charge is -2.01. The molecule has 1 atom stereocenters. The van der Waals surface area contributed by atoms with Crippen molar-refractivity contribution in [2.75, 3.05) is 19.8 Å². The first-order valence-corrected chi connectivity index (χ1v) is 5.71. The van der Waals surface area contributed by atoms with Crippen molar-refractivity contribution < 1.29 is 34.8 Å². The molecule has 0 aliphatic carbocycles. The Morgan fingerprint density at radius 2 is 1.67 bits per heavy atom. The summed E-state index contributed by atoms with van der Waals surface area (Å²) >= 11 is 0. The zero-order chi connectivity index (χ0) is 14.4. The minimum absolute atomic E-state index is 0.0117. The van der Waals surface area contributed by atoms with Gasteiger partial charge in [0, 0.05) is 12.8 Å². The molecule has 0 bridgehead atoms. The molecule has 0 aliphatic heterocycles. The lowest BCUT2D eigenvalue weighted by Crippen LogP contribution is -2.08. The van der Waals surface area contributed by atoms with Gasteiger partial charge in [0.05, 0.1) is 19.3 Å². The van der Waals surface area contributed by atoms with E-state index in [9.17, 15) is 9.59 Å². The summed E-state index contributed by atoms with van der Waals surface area (Å²) in [6.07, 6.45) is 0.718. The second-order valence-electron chi connectivity index (χ2n) is 3.58. The normalized spacial score (nSPS) is 11.1. The molecule has 0 saturated heterocycles. The van der Waals surface area contributed by atoms with E-state index in [1.807, 2.05) is 0 Å². The molecule has 0 rings (SSSR count). The first-order chi connectivity index (χ1) is 8.43. The first kappa shape index (κ1) is 19.2. The highest BCUT2D eigenvalue weighted by Gasteiger charge is 2.03. The number of carbonyl (C=O) groups excluding carboxylic acids is 1. The Labute approximate surface area is 106 Å². The van der Waals surface area contributed by atoms with Crippen LogP contribution >= 0.6 is 0 Å². The number of carboxylic acid groups (broad SMARTS) is 1. The maximum atomic E-state index is 10.8. The Bertz CT molecular complexity index is 215. The first-order valence-electron chi connectivity index (χ1n) is 5.71. The molecule has 7 nitrogen and oxygen atoms in total. The maximum Gasteiger partial charge on any atom is 0.305 e. The van der Waals surface area contributed by atoms with Crippen LogP contribution in [0.3, 0.4) is 0 Å². The van der Waals surface area contributed by atoms with Gasteiger partial charge in [-0.15, -0.1) is 0 Å². The van der Waals surface area contributed by atoms with Crippen LogP contribution in [0.15, 0.2) is 0 Å². The number of esters is 1. The van der Waals surface area contributed by atoms with Crippen LogP contribution in [0.25, 0.3) is 0 Å². The summed E-state index contributed by atoms with van der Waals surface area (Å²) in [4.78, 5) is 20.8. The fraction of sp³-hybridized carbons (Fsp3) is 0.818. The van der Waals surface area contributed by atoms with E-state index in [2.05, 4.69) is 4.74 Å². The third kappa shape index (κ3) is 20.3. The Morgan fingerprint density at radius 3 is 2.06 bits per heavy atom. The predicted molar refractivity (Wildman–Crippen MR) is 62.9 cm³/mol. The molecule has 18 heavy (non-hydrogen) atoms. The fourth-order valence-corrected chi connectivity index (χ4v) is 0.777. The number of unbranched alkanes of at least 4 members (excludes halogenated alkanes) is 1. The SMILES string of the molecule is CC(O)CO.O=C(O)CCCCC(=O)OCCO. The highest BCUT2D eigenvalue weighted by atomic mass is 16.5. The number of carbonyl (C=O) groups is 2. The van der Waals surface area contributed by atoms with Crippen molar-refractivity contribution in [2.45, 2.75) is 38.7 Å². The van der Waals surface area contributed by atoms with Crippen molar-refractivity contribution in [3.8, 4) is 0 Å². The fourth-order valence-electron chi connectivity index (χ4n) is 0.777. The monoisotopic (exact) mass is 266 g/mol. The number of carboxylic acids is 1. The van der Waals surface area contributed by atoms with Crippen LogP contribution < -0.4 is 0 Å². The molecule has 4 N–H and O–H groups in total. The Morgan fingerprint density at radius 1 is 1.17 bits per heavy atom. The van der Waals surface area contributed by atoms with E-state index in [0.717, 1.165) is 0 Å². The predicted octanol–water partition coefficient (Wildman–Crippen LogP) is -0.474. The number of hydrogen-bond donors (Lipinski definition) is 4. The van der Waals surface area contributed by atoms with Crippen molar-refractivity contribution >= 4 is 11.9 Å². The quantitative estimate of drug-likeness (QED) is 0.345. The molecule has 7 heteroatoms. The average molecular weight is 266 g/mol. The van der Waals surface area contributed by atoms with Gasteiger partial charge in [0.2, 0.25) is 0 Å². The smallest absolute Gasteiger partial charge is 0.305 e. The van der Waals surface area contributed by atoms with Gasteiger partial charge in [-0.2, -0.15) is 0 Å². The molecule has 0 amide bonds. The molecule has 0 spiro atoms. The molecule has 0 radical (unpaired) electrons. The minimum Gasteiger partial charge on any atom is -0.481 e. The van der Waals surface area contributed by atoms with Gasteiger partial charge in [0.25, 0.3) is 0 Å². The van der Waals surface area contributed by atoms with Gasteiger partial charge in [-0.3, -0.25) is 9.59 Å². The van der Waals surface area contributed by atoms with Crippen LogP contribution in [0.5, 0.6) is 0 Å². The molecule has 0 fully saturated rings. The topological polar surface area (TPSA) is 124 Å². The van der Waals surface area contributed by atoms with E-state index in [4.69, 9.17) is 20.4 Å². The summed E-state index contributed by atoms with van der Waals surface area (Å²) in [6, 6.07) is 0. The molecule has 0 aromatic heterocycles. The van der Waals surface area contributed by atoms with Crippen molar-refractivity contribution in [1.82, 2.24) is 0 Å². The lowest BCUT2D eigenvalue weighted by molar-refractivity contribution is -0.145. The van der Waals surface area contributed by atoms with Crippen molar-refractivity contribution in [3.63, 3.8) is 0 Å². The summed E-state index contributed by atoms with van der Waals surface area (Å²) in [7, 11) is 0. The summed E-state index contributed by atoms with van der Waals surface area (Å²) in [5.41, 5.74) is 0. The Hall–Kier alpha value is -1.18. The third-order valence-electron chi connectivity index (χ3n) is 1.64. The van der Waals surface area contributed by atoms with Gasteiger partial charge in [-0.25, -0.2) is 0 Å². The molecule has 108 valence electrons. The zero-order valence-electron chi connectivity index (χ0n) is 10.5. The summed E-state index contributed by atoms with van der Waals surface area (Å²) < 4.78 is 4.56. The van der Waals surface area contributed by atoms with E-state index in [-0.39, 0.29) is 38.6 Å². The molecule has 0 heterocycles. The van der Waals surface area contributed by atoms with Crippen LogP contribution in [-0.2, 0) is 14.3 Å². The number of ether oxygens (including phenoxy) is 1. The number of aliphatic hydroxyl groups excluding tert-OH is 3. The third-order valence-corrected chi connectivity index (χ3v) is 1.64. The van der Waals surface area contributed by atoms with Crippen molar-refractivity contribution in [2.24, 2.45) is 0 Å². The number of aliphatic hydroxyl groups is 3. The highest BCUT2D eigenvalue weighted by Crippen LogP contribution is 2.00. The van der Waals surface area contributed by atoms with Gasteiger partial charge in [0.1, 0.15) is 6.61 Å². The zero-order valence-corrected chi connectivity index (χ0v) is 10.5. The van der Waals surface area contributed by atoms with Gasteiger partial charge in [-0.1, -0.05) is 0 Å². The molecule has 1 unspecified atom stereocenters. The summed E-state index contributed by atoms with van der Waals surface area (Å²) in [5.74, 6) is -1.25. The largest absolute Gasteiger partial charge is 0.481 e. The molecular formula is C11H22O7. The number of hydrogen-bond acceptors (Lipinski definition) is 6. The van der Waals surface area contributed by atoms with Crippen LogP contribution in [0.2, 0.25) is 0 Å². The van der Waals surface area contributed by atoms with E-state index in [1.54, 1.807) is 0 Å². The number of rotatable bonds is 8. The van der Waals surface area contributed by atoms with Gasteiger partial charge >= 0.3 is 11.9 Å². The van der Waals surface area contributed by atoms with Gasteiger partial charge in [0.15, 0.2) is 0 Å². The Balaban J connectivity index is 0. The second-order valence-corrected chi connectivity index (χ2v) is 3.58. The van der Waals surface area contributed by atoms with Crippen LogP contribution in [0.4, 0.5) is 0 Å². The standard InChI is InChI=1S/C8H14O5.C3H8O2/c9-5-6-13-8(12)4-2-1-3-7(10)11;1-3(5)2-4/h9H,1-6H2,(H,10,11);3-5H,2H2,1H3. The molecular weight excluding hydrogens is 244 g/mol. The molecule has 0 aromatic rings. The summed E-state index contributed by atoms with van der Waals surface area (Å²) in [5, 5.41) is 32.6. The van der Waals surface area contributed by atoms with Crippen molar-refractivity contribution in [1.29, 1.82) is 0 Å². The van der Waals surface area contributed by atoms with Crippen LogP contribution in [0, 0.1) is 0 Å². The summed E-state index contributed by atoms with van der Waals surface area (Å²) in [6.45, 7) is 1.22. The molecule has 0 aliphatic rings. The Kier molecular flexibility index (Phi) is 14.8. The van der Waals surface area contributed by atoms with Crippen LogP contribution in [0.1, 0.15) is 32.6 Å². The average Bonchev–Trinajstić information content (AvgIpc) is 2.32. The minimum atomic E-state index is -0.858. The van der Waals surface area contributed by atoms with Gasteiger partial charge < -0.3 is 25.2 Å². The van der Waals surface area contributed by atoms with E-state index in [1.165, 1.54) is 6.92 Å². The lowest BCUT2D eigenvalue weighted by atomic mass is 10.2. The van der Waals surface area contributed by atoms with Crippen LogP contribution in [-0.4, -0.2) is 58.3 Å². The van der Waals surface area contributed by atoms with E-state index in [0.29, 0.717) is 12.8 Å². The van der Waals surface area contributed by atoms with E-state index < -0.39 is 12.1 Å². The van der Waals surface area contributed by atoms with Gasteiger partial charge in [-0.05, 0) is 19.8 Å². The molecule has 0 saturated carbocycles. The van der Waals surface area contributed by atoms with Crippen molar-refractivity contribution in [3.05, 3.63) is 0 Å². The van der Waals surface area contributed by atoms with E-state index >= 15 is 0 Å². The number of aliphatic carboxylic acids is 1.